The lowest BCUT2D eigenvalue weighted by molar-refractivity contribution is -0.132. The van der Waals surface area contributed by atoms with Crippen molar-refractivity contribution < 1.29 is 31.9 Å². The summed E-state index contributed by atoms with van der Waals surface area (Å²) < 4.78 is 46.4. The van der Waals surface area contributed by atoms with Crippen LogP contribution in [0.2, 0.25) is 0 Å². The molecule has 0 bridgehead atoms. The van der Waals surface area contributed by atoms with Crippen molar-refractivity contribution >= 4 is 27.9 Å². The number of morpholine rings is 1. The fraction of sp³-hybridized carbons (Fsp3) is 0.571. The molecule has 0 radical (unpaired) electrons. The highest BCUT2D eigenvalue weighted by atomic mass is 32.2. The fourth-order valence-corrected chi connectivity index (χ4v) is 5.89. The van der Waals surface area contributed by atoms with Gasteiger partial charge >= 0.3 is 6.03 Å². The van der Waals surface area contributed by atoms with E-state index in [1.165, 1.54) is 4.90 Å². The Labute approximate surface area is 197 Å². The van der Waals surface area contributed by atoms with Gasteiger partial charge in [0.2, 0.25) is 21.8 Å². The second-order valence-corrected chi connectivity index (χ2v) is 10.3. The van der Waals surface area contributed by atoms with E-state index in [1.807, 2.05) is 0 Å². The molecule has 3 fully saturated rings. The van der Waals surface area contributed by atoms with E-state index in [9.17, 15) is 27.2 Å². The number of carbonyl (C=O) groups is 3. The molecule has 11 nitrogen and oxygen atoms in total. The summed E-state index contributed by atoms with van der Waals surface area (Å²) in [6, 6.07) is 2.03. The number of carbonyl (C=O) groups excluding carboxylic acids is 3. The molecule has 0 saturated carbocycles. The van der Waals surface area contributed by atoms with Gasteiger partial charge in [-0.1, -0.05) is 0 Å². The van der Waals surface area contributed by atoms with Crippen LogP contribution >= 0.6 is 0 Å². The number of amides is 4. The van der Waals surface area contributed by atoms with Gasteiger partial charge in [0.15, 0.2) is 0 Å². The Balaban J connectivity index is 1.58. The molecule has 0 spiro atoms. The molecule has 0 aliphatic carbocycles. The predicted molar refractivity (Wildman–Crippen MR) is 118 cm³/mol. The normalized spacial score (nSPS) is 24.4. The molecule has 0 unspecified atom stereocenters. The first kappa shape index (κ1) is 24.4. The van der Waals surface area contributed by atoms with Crippen molar-refractivity contribution in [2.45, 2.75) is 29.8 Å². The molecule has 2 N–H and O–H groups in total. The van der Waals surface area contributed by atoms with E-state index in [-0.39, 0.29) is 36.5 Å². The van der Waals surface area contributed by atoms with Crippen LogP contribution < -0.4 is 10.6 Å². The largest absolute Gasteiger partial charge is 0.378 e. The summed E-state index contributed by atoms with van der Waals surface area (Å²) in [6.07, 6.45) is 1.12. The number of hydrogen-bond acceptors (Lipinski definition) is 6. The number of piperazine rings is 1. The van der Waals surface area contributed by atoms with Gasteiger partial charge in [0.25, 0.3) is 0 Å². The van der Waals surface area contributed by atoms with Gasteiger partial charge in [0, 0.05) is 39.3 Å². The first-order valence-corrected chi connectivity index (χ1v) is 12.7. The quantitative estimate of drug-likeness (QED) is 0.569. The summed E-state index contributed by atoms with van der Waals surface area (Å²) in [5.41, 5.74) is 0. The summed E-state index contributed by atoms with van der Waals surface area (Å²) in [5.74, 6) is -1.57. The number of halogens is 1. The Morgan fingerprint density at radius 1 is 1.06 bits per heavy atom. The molecule has 34 heavy (non-hydrogen) atoms. The lowest BCUT2D eigenvalue weighted by Crippen LogP contribution is -2.64. The molecule has 186 valence electrons. The number of piperidine rings is 1. The zero-order valence-electron chi connectivity index (χ0n) is 18.6. The maximum absolute atomic E-state index is 13.4. The molecule has 1 aromatic rings. The van der Waals surface area contributed by atoms with Gasteiger partial charge in [-0.3, -0.25) is 9.59 Å². The smallest absolute Gasteiger partial charge is 0.320 e. The van der Waals surface area contributed by atoms with Crippen molar-refractivity contribution in [2.75, 3.05) is 52.5 Å². The Morgan fingerprint density at radius 2 is 1.76 bits per heavy atom. The molecule has 2 atom stereocenters. The number of hydrogen-bond donors (Lipinski definition) is 2. The minimum atomic E-state index is -4.17. The molecular formula is C21H28FN5O6S. The second kappa shape index (κ2) is 10.2. The molecule has 4 amide bonds. The molecule has 0 aromatic heterocycles. The van der Waals surface area contributed by atoms with Crippen molar-refractivity contribution in [3.05, 3.63) is 30.1 Å². The zero-order valence-corrected chi connectivity index (χ0v) is 19.4. The van der Waals surface area contributed by atoms with Gasteiger partial charge in [0.1, 0.15) is 17.9 Å². The van der Waals surface area contributed by atoms with E-state index in [4.69, 9.17) is 4.74 Å². The minimum absolute atomic E-state index is 0.0876. The maximum atomic E-state index is 13.4. The third-order valence-corrected chi connectivity index (χ3v) is 8.13. The molecular weight excluding hydrogens is 469 g/mol. The number of benzene rings is 1. The molecule has 3 aliphatic heterocycles. The van der Waals surface area contributed by atoms with Crippen molar-refractivity contribution in [1.29, 1.82) is 0 Å². The van der Waals surface area contributed by atoms with E-state index >= 15 is 0 Å². The van der Waals surface area contributed by atoms with Crippen molar-refractivity contribution in [3.8, 4) is 0 Å². The molecule has 13 heteroatoms. The average Bonchev–Trinajstić information content (AvgIpc) is 2.85. The Bertz CT molecular complexity index is 1030. The highest BCUT2D eigenvalue weighted by Gasteiger charge is 2.43. The molecule has 1 aromatic carbocycles. The Kier molecular flexibility index (Phi) is 7.33. The van der Waals surface area contributed by atoms with Crippen molar-refractivity contribution in [3.63, 3.8) is 0 Å². The fourth-order valence-electron chi connectivity index (χ4n) is 4.32. The van der Waals surface area contributed by atoms with Crippen LogP contribution in [0.5, 0.6) is 0 Å². The van der Waals surface area contributed by atoms with Crippen LogP contribution in [-0.4, -0.2) is 105 Å². The molecule has 3 aliphatic rings. The van der Waals surface area contributed by atoms with E-state index in [2.05, 4.69) is 10.6 Å². The van der Waals surface area contributed by atoms with Crippen LogP contribution in [0.3, 0.4) is 0 Å². The highest BCUT2D eigenvalue weighted by molar-refractivity contribution is 7.89. The van der Waals surface area contributed by atoms with Crippen LogP contribution in [0.1, 0.15) is 12.8 Å². The highest BCUT2D eigenvalue weighted by Crippen LogP contribution is 2.23. The minimum Gasteiger partial charge on any atom is -0.378 e. The molecule has 3 saturated heterocycles. The number of ether oxygens (including phenoxy) is 1. The van der Waals surface area contributed by atoms with Gasteiger partial charge in [0.05, 0.1) is 18.1 Å². The number of sulfonamides is 1. The van der Waals surface area contributed by atoms with Crippen LogP contribution in [0.25, 0.3) is 0 Å². The number of nitrogens with zero attached hydrogens (tertiary/aromatic N) is 3. The number of urea groups is 1. The first-order chi connectivity index (χ1) is 16.3. The van der Waals surface area contributed by atoms with E-state index in [0.717, 1.165) is 28.6 Å². The third-order valence-electron chi connectivity index (χ3n) is 6.21. The second-order valence-electron chi connectivity index (χ2n) is 8.41. The van der Waals surface area contributed by atoms with E-state index < -0.39 is 33.8 Å². The van der Waals surface area contributed by atoms with Gasteiger partial charge < -0.3 is 25.2 Å². The Hall–Kier alpha value is -2.77. The van der Waals surface area contributed by atoms with Crippen molar-refractivity contribution in [2.24, 2.45) is 0 Å². The molecule has 4 rings (SSSR count). The SMILES string of the molecule is O=C(N[C@@H]1CCCNC1=O)[C@H]1CN(C(=O)N2CCOCC2)CCN1S(=O)(=O)c1ccc(F)cc1. The van der Waals surface area contributed by atoms with Gasteiger partial charge in [-0.2, -0.15) is 4.31 Å². The monoisotopic (exact) mass is 497 g/mol. The topological polar surface area (TPSA) is 128 Å². The zero-order chi connectivity index (χ0) is 24.3. The summed E-state index contributed by atoms with van der Waals surface area (Å²) >= 11 is 0. The number of nitrogens with one attached hydrogen (secondary N) is 2. The maximum Gasteiger partial charge on any atom is 0.320 e. The van der Waals surface area contributed by atoms with E-state index in [0.29, 0.717) is 45.7 Å². The van der Waals surface area contributed by atoms with Crippen LogP contribution in [0.4, 0.5) is 9.18 Å². The van der Waals surface area contributed by atoms with Crippen LogP contribution in [0, 0.1) is 5.82 Å². The van der Waals surface area contributed by atoms with E-state index in [1.54, 1.807) is 4.90 Å². The summed E-state index contributed by atoms with van der Waals surface area (Å²) in [4.78, 5) is 41.3. The predicted octanol–water partition coefficient (Wildman–Crippen LogP) is -0.652. The van der Waals surface area contributed by atoms with Crippen molar-refractivity contribution in [1.82, 2.24) is 24.7 Å². The van der Waals surface area contributed by atoms with Gasteiger partial charge in [-0.25, -0.2) is 17.6 Å². The summed E-state index contributed by atoms with van der Waals surface area (Å²) in [5, 5.41) is 5.33. The number of rotatable bonds is 4. The molecule has 3 heterocycles. The average molecular weight is 498 g/mol. The third kappa shape index (κ3) is 5.15. The van der Waals surface area contributed by atoms with Crippen LogP contribution in [0.15, 0.2) is 29.2 Å². The van der Waals surface area contributed by atoms with Gasteiger partial charge in [-0.15, -0.1) is 0 Å². The lowest BCUT2D eigenvalue weighted by atomic mass is 10.1. The summed E-state index contributed by atoms with van der Waals surface area (Å²) in [7, 11) is -4.17. The standard InChI is InChI=1S/C21H28FN5O6S/c22-15-3-5-16(6-4-15)34(31,32)27-9-8-26(21(30)25-10-12-33-13-11-25)14-18(27)20(29)24-17-2-1-7-23-19(17)28/h3-6,17-18H,1-2,7-14H2,(H,23,28)(H,24,29)/t17-,18-/m1/s1. The lowest BCUT2D eigenvalue weighted by Gasteiger charge is -2.42. The van der Waals surface area contributed by atoms with Crippen LogP contribution in [-0.2, 0) is 24.3 Å². The summed E-state index contributed by atoms with van der Waals surface area (Å²) in [6.45, 7) is 1.95. The van der Waals surface area contributed by atoms with Gasteiger partial charge in [-0.05, 0) is 37.1 Å². The Morgan fingerprint density at radius 3 is 2.44 bits per heavy atom. The first-order valence-electron chi connectivity index (χ1n) is 11.2.